The van der Waals surface area contributed by atoms with E-state index in [4.69, 9.17) is 9.47 Å². The van der Waals surface area contributed by atoms with E-state index in [-0.39, 0.29) is 24.3 Å². The monoisotopic (exact) mass is 261 g/mol. The van der Waals surface area contributed by atoms with Crippen molar-refractivity contribution >= 4 is 18.5 Å². The van der Waals surface area contributed by atoms with E-state index < -0.39 is 6.09 Å². The summed E-state index contributed by atoms with van der Waals surface area (Å²) in [5.41, 5.74) is 0.456. The predicted octanol–water partition coefficient (Wildman–Crippen LogP) is 2.43. The number of hydrogen-bond acceptors (Lipinski definition) is 3. The van der Waals surface area contributed by atoms with Crippen LogP contribution in [0.1, 0.15) is 18.0 Å². The Balaban J connectivity index is 0.00000144. The molecule has 1 aromatic carbocycles. The molecule has 0 aliphatic carbocycles. The summed E-state index contributed by atoms with van der Waals surface area (Å²) in [7, 11) is 1.48. The van der Waals surface area contributed by atoms with Crippen LogP contribution in [0.2, 0.25) is 0 Å². The van der Waals surface area contributed by atoms with E-state index in [0.717, 1.165) is 0 Å². The lowest BCUT2D eigenvalue weighted by molar-refractivity contribution is 0.115. The normalized spacial score (nSPS) is 18.7. The van der Waals surface area contributed by atoms with E-state index >= 15 is 0 Å². The molecule has 1 amide bonds. The summed E-state index contributed by atoms with van der Waals surface area (Å²) >= 11 is 0. The van der Waals surface area contributed by atoms with Crippen LogP contribution >= 0.6 is 12.4 Å². The van der Waals surface area contributed by atoms with E-state index in [1.165, 1.54) is 13.2 Å². The molecule has 0 spiro atoms. The molecule has 0 aromatic heterocycles. The minimum Gasteiger partial charge on any atom is -0.497 e. The van der Waals surface area contributed by atoms with Crippen LogP contribution in [0.5, 0.6) is 5.75 Å². The van der Waals surface area contributed by atoms with Gasteiger partial charge in [0.25, 0.3) is 0 Å². The van der Waals surface area contributed by atoms with Crippen molar-refractivity contribution in [2.24, 2.45) is 0 Å². The number of carbonyl (C=O) groups excluding carboxylic acids is 1. The number of amides is 1. The molecule has 2 rings (SSSR count). The largest absolute Gasteiger partial charge is 0.497 e. The topological polar surface area (TPSA) is 47.6 Å². The van der Waals surface area contributed by atoms with Gasteiger partial charge in [-0.3, -0.25) is 0 Å². The number of cyclic esters (lactones) is 1. The van der Waals surface area contributed by atoms with Gasteiger partial charge >= 0.3 is 6.09 Å². The summed E-state index contributed by atoms with van der Waals surface area (Å²) in [5, 5.41) is 2.57. The van der Waals surface area contributed by atoms with Crippen molar-refractivity contribution in [3.05, 3.63) is 29.6 Å². The highest BCUT2D eigenvalue weighted by Crippen LogP contribution is 2.25. The molecular weight excluding hydrogens is 249 g/mol. The maximum atomic E-state index is 13.7. The first-order chi connectivity index (χ1) is 7.70. The van der Waals surface area contributed by atoms with Crippen LogP contribution in [0.15, 0.2) is 18.2 Å². The van der Waals surface area contributed by atoms with Gasteiger partial charge in [0.05, 0.1) is 19.8 Å². The Bertz CT molecular complexity index is 414. The van der Waals surface area contributed by atoms with Gasteiger partial charge in [-0.1, -0.05) is 6.07 Å². The number of carbonyl (C=O) groups is 1. The molecule has 1 aliphatic heterocycles. The molecule has 1 aliphatic rings. The molecular formula is C11H13ClFNO3. The molecule has 1 saturated heterocycles. The minimum atomic E-state index is -0.508. The van der Waals surface area contributed by atoms with Crippen molar-refractivity contribution in [3.63, 3.8) is 0 Å². The van der Waals surface area contributed by atoms with Crippen LogP contribution in [0.4, 0.5) is 9.18 Å². The first-order valence-corrected chi connectivity index (χ1v) is 4.97. The Morgan fingerprint density at radius 3 is 2.88 bits per heavy atom. The van der Waals surface area contributed by atoms with Crippen LogP contribution in [0, 0.1) is 5.82 Å². The van der Waals surface area contributed by atoms with Crippen molar-refractivity contribution in [1.82, 2.24) is 5.32 Å². The highest BCUT2D eigenvalue weighted by molar-refractivity contribution is 5.85. The first kappa shape index (κ1) is 13.6. The zero-order valence-corrected chi connectivity index (χ0v) is 10.1. The highest BCUT2D eigenvalue weighted by atomic mass is 35.5. The van der Waals surface area contributed by atoms with Crippen molar-refractivity contribution in [2.45, 2.75) is 12.5 Å². The Morgan fingerprint density at radius 2 is 2.29 bits per heavy atom. The third kappa shape index (κ3) is 3.00. The van der Waals surface area contributed by atoms with Gasteiger partial charge in [0.15, 0.2) is 0 Å². The van der Waals surface area contributed by atoms with Gasteiger partial charge in [-0.2, -0.15) is 0 Å². The number of ether oxygens (including phenoxy) is 2. The Morgan fingerprint density at radius 1 is 1.53 bits per heavy atom. The Labute approximate surface area is 105 Å². The molecule has 0 saturated carbocycles. The second-order valence-corrected chi connectivity index (χ2v) is 3.51. The summed E-state index contributed by atoms with van der Waals surface area (Å²) in [6, 6.07) is 4.26. The van der Waals surface area contributed by atoms with Crippen LogP contribution in [0.25, 0.3) is 0 Å². The van der Waals surface area contributed by atoms with Crippen LogP contribution in [0.3, 0.4) is 0 Å². The fourth-order valence-electron chi connectivity index (χ4n) is 1.68. The van der Waals surface area contributed by atoms with Gasteiger partial charge in [-0.15, -0.1) is 12.4 Å². The molecule has 1 atom stereocenters. The maximum Gasteiger partial charge on any atom is 0.407 e. The lowest BCUT2D eigenvalue weighted by Gasteiger charge is -2.24. The molecule has 1 heterocycles. The van der Waals surface area contributed by atoms with Crippen molar-refractivity contribution in [2.75, 3.05) is 13.7 Å². The smallest absolute Gasteiger partial charge is 0.407 e. The average Bonchev–Trinajstić information content (AvgIpc) is 2.28. The number of nitrogens with one attached hydrogen (secondary N) is 1. The molecule has 4 nitrogen and oxygen atoms in total. The summed E-state index contributed by atoms with van der Waals surface area (Å²) in [6.07, 6.45) is 0.0566. The molecule has 17 heavy (non-hydrogen) atoms. The van der Waals surface area contributed by atoms with Crippen LogP contribution in [-0.2, 0) is 4.74 Å². The fraction of sp³-hybridized carbons (Fsp3) is 0.364. The van der Waals surface area contributed by atoms with Gasteiger partial charge < -0.3 is 14.8 Å². The SMILES string of the molecule is COc1ccc([C@@H]2CCOC(=O)N2)c(F)c1.Cl. The predicted molar refractivity (Wildman–Crippen MR) is 62.0 cm³/mol. The van der Waals surface area contributed by atoms with Gasteiger partial charge in [0, 0.05) is 18.1 Å². The molecule has 0 radical (unpaired) electrons. The zero-order chi connectivity index (χ0) is 11.5. The Kier molecular flexibility index (Phi) is 4.57. The number of hydrogen-bond donors (Lipinski definition) is 1. The van der Waals surface area contributed by atoms with E-state index in [2.05, 4.69) is 5.32 Å². The molecule has 1 fully saturated rings. The van der Waals surface area contributed by atoms with Gasteiger partial charge in [0.1, 0.15) is 11.6 Å². The molecule has 1 N–H and O–H groups in total. The molecule has 0 bridgehead atoms. The Hall–Kier alpha value is -1.49. The first-order valence-electron chi connectivity index (χ1n) is 4.97. The second kappa shape index (κ2) is 5.72. The molecule has 6 heteroatoms. The minimum absolute atomic E-state index is 0. The van der Waals surface area contributed by atoms with Gasteiger partial charge in [-0.05, 0) is 6.07 Å². The van der Waals surface area contributed by atoms with Crippen molar-refractivity contribution in [1.29, 1.82) is 0 Å². The summed E-state index contributed by atoms with van der Waals surface area (Å²) < 4.78 is 23.3. The number of rotatable bonds is 2. The summed E-state index contributed by atoms with van der Waals surface area (Å²) in [6.45, 7) is 0.308. The van der Waals surface area contributed by atoms with E-state index in [1.807, 2.05) is 0 Å². The number of methoxy groups -OCH3 is 1. The van der Waals surface area contributed by atoms with Crippen molar-refractivity contribution in [3.8, 4) is 5.75 Å². The maximum absolute atomic E-state index is 13.7. The third-order valence-electron chi connectivity index (χ3n) is 2.51. The van der Waals surface area contributed by atoms with Crippen LogP contribution in [-0.4, -0.2) is 19.8 Å². The third-order valence-corrected chi connectivity index (χ3v) is 2.51. The number of alkyl carbamates (subject to hydrolysis) is 1. The standard InChI is InChI=1S/C11H12FNO3.ClH/c1-15-7-2-3-8(9(12)6-7)10-4-5-16-11(14)13-10;/h2-3,6,10H,4-5H2,1H3,(H,13,14);1H/t10-;/m0./s1. The lowest BCUT2D eigenvalue weighted by atomic mass is 10.0. The molecule has 1 aromatic rings. The number of benzene rings is 1. The van der Waals surface area contributed by atoms with Gasteiger partial charge in [0.2, 0.25) is 0 Å². The van der Waals surface area contributed by atoms with Crippen LogP contribution < -0.4 is 10.1 Å². The van der Waals surface area contributed by atoms with E-state index in [9.17, 15) is 9.18 Å². The summed E-state index contributed by atoms with van der Waals surface area (Å²) in [5.74, 6) is 0.0752. The zero-order valence-electron chi connectivity index (χ0n) is 9.23. The van der Waals surface area contributed by atoms with E-state index in [0.29, 0.717) is 24.3 Å². The fourth-order valence-corrected chi connectivity index (χ4v) is 1.68. The summed E-state index contributed by atoms with van der Waals surface area (Å²) in [4.78, 5) is 11.0. The average molecular weight is 262 g/mol. The quantitative estimate of drug-likeness (QED) is 0.889. The molecule has 0 unspecified atom stereocenters. The van der Waals surface area contributed by atoms with E-state index in [1.54, 1.807) is 12.1 Å². The molecule has 94 valence electrons. The number of halogens is 2. The second-order valence-electron chi connectivity index (χ2n) is 3.51. The lowest BCUT2D eigenvalue weighted by Crippen LogP contribution is -2.35. The highest BCUT2D eigenvalue weighted by Gasteiger charge is 2.23. The van der Waals surface area contributed by atoms with Gasteiger partial charge in [-0.25, -0.2) is 9.18 Å². The van der Waals surface area contributed by atoms with Crippen molar-refractivity contribution < 1.29 is 18.7 Å².